The van der Waals surface area contributed by atoms with Gasteiger partial charge in [0.1, 0.15) is 5.82 Å². The second-order valence-electron chi connectivity index (χ2n) is 6.92. The van der Waals surface area contributed by atoms with Crippen LogP contribution in [0.25, 0.3) is 0 Å². The minimum absolute atomic E-state index is 0.0120. The first kappa shape index (κ1) is 16.8. The molecule has 1 aliphatic heterocycles. The Morgan fingerprint density at radius 1 is 1.04 bits per heavy atom. The van der Waals surface area contributed by atoms with Gasteiger partial charge in [0.25, 0.3) is 0 Å². The van der Waals surface area contributed by atoms with Crippen molar-refractivity contribution in [2.45, 2.75) is 33.0 Å². The summed E-state index contributed by atoms with van der Waals surface area (Å²) in [6, 6.07) is 12.1. The Morgan fingerprint density at radius 2 is 1.85 bits per heavy atom. The molecule has 1 aliphatic rings. The summed E-state index contributed by atoms with van der Waals surface area (Å²) in [5.41, 5.74) is 3.32. The van der Waals surface area contributed by atoms with Gasteiger partial charge in [-0.1, -0.05) is 30.3 Å². The van der Waals surface area contributed by atoms with Crippen molar-refractivity contribution in [3.8, 4) is 0 Å². The number of hydrogen-bond donors (Lipinski definition) is 0. The third-order valence-electron chi connectivity index (χ3n) is 4.95. The zero-order valence-electron chi connectivity index (χ0n) is 15.3. The largest absolute Gasteiger partial charge is 0.346 e. The molecule has 0 radical (unpaired) electrons. The van der Waals surface area contributed by atoms with Crippen LogP contribution in [0.3, 0.4) is 0 Å². The van der Waals surface area contributed by atoms with Gasteiger partial charge < -0.3 is 0 Å². The summed E-state index contributed by atoms with van der Waals surface area (Å²) in [6.45, 7) is 5.80. The molecule has 4 rings (SSSR count). The average Bonchev–Trinajstić information content (AvgIpc) is 3.01. The Morgan fingerprint density at radius 3 is 2.58 bits per heavy atom. The van der Waals surface area contributed by atoms with Crippen LogP contribution in [0.2, 0.25) is 0 Å². The molecule has 0 bridgehead atoms. The maximum absolute atomic E-state index is 12.7. The highest BCUT2D eigenvalue weighted by atomic mass is 16.2. The molecule has 7 nitrogen and oxygen atoms in total. The van der Waals surface area contributed by atoms with Gasteiger partial charge in [0.2, 0.25) is 0 Å². The first-order chi connectivity index (χ1) is 12.6. The molecule has 0 amide bonds. The molecule has 1 aromatic carbocycles. The quantitative estimate of drug-likeness (QED) is 0.708. The van der Waals surface area contributed by atoms with Crippen molar-refractivity contribution in [2.24, 2.45) is 7.05 Å². The average molecular weight is 352 g/mol. The van der Waals surface area contributed by atoms with Crippen molar-refractivity contribution in [1.82, 2.24) is 29.0 Å². The lowest BCUT2D eigenvalue weighted by molar-refractivity contribution is 0.262. The number of aryl methyl sites for hydroxylation is 2. The highest BCUT2D eigenvalue weighted by Gasteiger charge is 2.20. The van der Waals surface area contributed by atoms with Gasteiger partial charge in [0, 0.05) is 39.6 Å². The van der Waals surface area contributed by atoms with E-state index in [0.29, 0.717) is 13.1 Å². The molecule has 0 fully saturated rings. The Balaban J connectivity index is 1.47. The molecule has 0 aliphatic carbocycles. The fraction of sp³-hybridized carbons (Fsp3) is 0.421. The molecule has 3 aromatic rings. The molecule has 0 spiro atoms. The number of fused-ring (bicyclic) bond motifs is 1. The SMILES string of the molecule is Cc1cc(CN2CCc3nn(Cc4ccccc4)c(=O)n3CC2)n(C)n1. The van der Waals surface area contributed by atoms with E-state index in [0.717, 1.165) is 43.1 Å². The number of nitrogens with zero attached hydrogens (tertiary/aromatic N) is 6. The van der Waals surface area contributed by atoms with E-state index in [1.54, 1.807) is 4.68 Å². The molecule has 0 atom stereocenters. The smallest absolute Gasteiger partial charge is 0.295 e. The van der Waals surface area contributed by atoms with E-state index in [-0.39, 0.29) is 5.69 Å². The number of benzene rings is 1. The maximum atomic E-state index is 12.7. The Bertz CT molecular complexity index is 952. The van der Waals surface area contributed by atoms with Crippen LogP contribution in [0, 0.1) is 6.92 Å². The fourth-order valence-corrected chi connectivity index (χ4v) is 3.57. The number of aromatic nitrogens is 5. The molecule has 2 aromatic heterocycles. The first-order valence-corrected chi connectivity index (χ1v) is 9.02. The lowest BCUT2D eigenvalue weighted by Crippen LogP contribution is -2.31. The lowest BCUT2D eigenvalue weighted by atomic mass is 10.2. The normalized spacial score (nSPS) is 15.0. The summed E-state index contributed by atoms with van der Waals surface area (Å²) in [5.74, 6) is 0.884. The van der Waals surface area contributed by atoms with Crippen LogP contribution in [0.15, 0.2) is 41.2 Å². The topological polar surface area (TPSA) is 60.9 Å². The van der Waals surface area contributed by atoms with Crippen molar-refractivity contribution in [1.29, 1.82) is 0 Å². The van der Waals surface area contributed by atoms with E-state index in [9.17, 15) is 4.79 Å². The summed E-state index contributed by atoms with van der Waals surface area (Å²) in [5, 5.41) is 9.01. The van der Waals surface area contributed by atoms with E-state index in [1.807, 2.05) is 53.6 Å². The predicted octanol–water partition coefficient (Wildman–Crippen LogP) is 1.19. The molecular weight excluding hydrogens is 328 g/mol. The standard InChI is InChI=1S/C19H24N6O/c1-15-12-17(22(2)20-15)14-23-9-8-18-21-25(19(26)24(18)11-10-23)13-16-6-4-3-5-7-16/h3-7,12H,8-11,13-14H2,1-2H3. The molecule has 0 unspecified atom stereocenters. The molecule has 136 valence electrons. The number of hydrogen-bond acceptors (Lipinski definition) is 4. The van der Waals surface area contributed by atoms with Gasteiger partial charge in [-0.3, -0.25) is 14.1 Å². The predicted molar refractivity (Wildman–Crippen MR) is 99.0 cm³/mol. The summed E-state index contributed by atoms with van der Waals surface area (Å²) in [7, 11) is 1.98. The van der Waals surface area contributed by atoms with Crippen LogP contribution in [-0.2, 0) is 33.1 Å². The van der Waals surface area contributed by atoms with Gasteiger partial charge >= 0.3 is 5.69 Å². The zero-order valence-corrected chi connectivity index (χ0v) is 15.3. The summed E-state index contributed by atoms with van der Waals surface area (Å²) in [4.78, 5) is 15.1. The van der Waals surface area contributed by atoms with Crippen molar-refractivity contribution >= 4 is 0 Å². The van der Waals surface area contributed by atoms with E-state index in [1.165, 1.54) is 5.69 Å². The van der Waals surface area contributed by atoms with Gasteiger partial charge in [-0.2, -0.15) is 10.2 Å². The van der Waals surface area contributed by atoms with Gasteiger partial charge in [0.05, 0.1) is 17.9 Å². The monoisotopic (exact) mass is 352 g/mol. The fourth-order valence-electron chi connectivity index (χ4n) is 3.57. The molecular formula is C19H24N6O. The van der Waals surface area contributed by atoms with Gasteiger partial charge in [0.15, 0.2) is 0 Å². The summed E-state index contributed by atoms with van der Waals surface area (Å²) < 4.78 is 5.36. The van der Waals surface area contributed by atoms with Crippen LogP contribution in [0.4, 0.5) is 0 Å². The summed E-state index contributed by atoms with van der Waals surface area (Å²) in [6.07, 6.45) is 0.786. The molecule has 3 heterocycles. The van der Waals surface area contributed by atoms with Crippen LogP contribution in [0.1, 0.15) is 22.8 Å². The van der Waals surface area contributed by atoms with Gasteiger partial charge in [-0.05, 0) is 18.6 Å². The van der Waals surface area contributed by atoms with Crippen molar-refractivity contribution in [3.63, 3.8) is 0 Å². The molecule has 7 heteroatoms. The Hall–Kier alpha value is -2.67. The third-order valence-corrected chi connectivity index (χ3v) is 4.95. The minimum Gasteiger partial charge on any atom is -0.295 e. The van der Waals surface area contributed by atoms with Gasteiger partial charge in [-0.25, -0.2) is 9.48 Å². The zero-order chi connectivity index (χ0) is 18.1. The highest BCUT2D eigenvalue weighted by Crippen LogP contribution is 2.11. The van der Waals surface area contributed by atoms with Crippen LogP contribution >= 0.6 is 0 Å². The van der Waals surface area contributed by atoms with Crippen molar-refractivity contribution in [3.05, 3.63) is 69.7 Å². The van der Waals surface area contributed by atoms with Crippen molar-refractivity contribution in [2.75, 3.05) is 13.1 Å². The van der Waals surface area contributed by atoms with E-state index >= 15 is 0 Å². The van der Waals surface area contributed by atoms with E-state index in [4.69, 9.17) is 0 Å². The van der Waals surface area contributed by atoms with Crippen molar-refractivity contribution < 1.29 is 0 Å². The third kappa shape index (κ3) is 3.35. The summed E-state index contributed by atoms with van der Waals surface area (Å²) >= 11 is 0. The lowest BCUT2D eigenvalue weighted by Gasteiger charge is -2.19. The van der Waals surface area contributed by atoms with E-state index in [2.05, 4.69) is 21.2 Å². The maximum Gasteiger partial charge on any atom is 0.346 e. The highest BCUT2D eigenvalue weighted by molar-refractivity contribution is 5.15. The Kier molecular flexibility index (Phi) is 4.46. The number of rotatable bonds is 4. The van der Waals surface area contributed by atoms with E-state index < -0.39 is 0 Å². The second-order valence-corrected chi connectivity index (χ2v) is 6.92. The molecule has 0 saturated heterocycles. The second kappa shape index (κ2) is 6.92. The van der Waals surface area contributed by atoms with Crippen LogP contribution in [-0.4, -0.2) is 42.1 Å². The molecule has 26 heavy (non-hydrogen) atoms. The van der Waals surface area contributed by atoms with Gasteiger partial charge in [-0.15, -0.1) is 0 Å². The molecule has 0 saturated carbocycles. The Labute approximate surface area is 152 Å². The first-order valence-electron chi connectivity index (χ1n) is 9.02. The minimum atomic E-state index is -0.0120. The van der Waals surface area contributed by atoms with Crippen LogP contribution in [0.5, 0.6) is 0 Å². The molecule has 0 N–H and O–H groups in total. The van der Waals surface area contributed by atoms with Crippen LogP contribution < -0.4 is 5.69 Å².